The molecule has 22 heavy (non-hydrogen) atoms. The number of nitrogens with zero attached hydrogens (tertiary/aromatic N) is 1. The quantitative estimate of drug-likeness (QED) is 0.872. The highest BCUT2D eigenvalue weighted by Gasteiger charge is 2.11. The third kappa shape index (κ3) is 3.28. The lowest BCUT2D eigenvalue weighted by Gasteiger charge is -2.13. The standard InChI is InChI=1S/C16H18N2O4/c1-11-15(20)13(19)7-9-18(11)10-8-17-16(21)12-5-3-4-6-14(12)22-2/h3-7,9,20H,8,10H2,1-2H3,(H,17,21). The fraction of sp³-hybridized carbons (Fsp3) is 0.250. The van der Waals surface area contributed by atoms with Crippen molar-refractivity contribution in [2.45, 2.75) is 13.5 Å². The molecule has 0 aliphatic carbocycles. The third-order valence-electron chi connectivity index (χ3n) is 3.40. The van der Waals surface area contributed by atoms with Crippen LogP contribution >= 0.6 is 0 Å². The lowest BCUT2D eigenvalue weighted by molar-refractivity contribution is 0.0949. The minimum Gasteiger partial charge on any atom is -0.503 e. The number of hydrogen-bond acceptors (Lipinski definition) is 4. The molecule has 0 aliphatic rings. The first-order valence-corrected chi connectivity index (χ1v) is 6.85. The number of aromatic nitrogens is 1. The highest BCUT2D eigenvalue weighted by atomic mass is 16.5. The van der Waals surface area contributed by atoms with E-state index in [2.05, 4.69) is 5.32 Å². The fourth-order valence-electron chi connectivity index (χ4n) is 2.12. The van der Waals surface area contributed by atoms with E-state index in [0.717, 1.165) is 0 Å². The summed E-state index contributed by atoms with van der Waals surface area (Å²) in [7, 11) is 1.51. The maximum Gasteiger partial charge on any atom is 0.255 e. The summed E-state index contributed by atoms with van der Waals surface area (Å²) in [6, 6.07) is 8.26. The molecular weight excluding hydrogens is 284 g/mol. The van der Waals surface area contributed by atoms with Crippen molar-refractivity contribution < 1.29 is 14.6 Å². The van der Waals surface area contributed by atoms with E-state index in [1.165, 1.54) is 13.2 Å². The molecule has 1 amide bonds. The van der Waals surface area contributed by atoms with Gasteiger partial charge in [0, 0.05) is 25.4 Å². The number of amides is 1. The second-order valence-corrected chi connectivity index (χ2v) is 4.76. The second kappa shape index (κ2) is 6.80. The molecule has 2 N–H and O–H groups in total. The summed E-state index contributed by atoms with van der Waals surface area (Å²) in [5, 5.41) is 12.4. The van der Waals surface area contributed by atoms with Crippen LogP contribution in [-0.4, -0.2) is 29.2 Å². The van der Waals surface area contributed by atoms with Gasteiger partial charge in [-0.15, -0.1) is 0 Å². The van der Waals surface area contributed by atoms with Crippen molar-refractivity contribution in [1.29, 1.82) is 0 Å². The average molecular weight is 302 g/mol. The monoisotopic (exact) mass is 302 g/mol. The number of ether oxygens (including phenoxy) is 1. The maximum absolute atomic E-state index is 12.1. The Morgan fingerprint density at radius 1 is 1.32 bits per heavy atom. The van der Waals surface area contributed by atoms with Gasteiger partial charge in [-0.3, -0.25) is 9.59 Å². The molecule has 0 bridgehead atoms. The molecule has 0 saturated heterocycles. The molecule has 1 aromatic carbocycles. The number of carbonyl (C=O) groups is 1. The molecule has 0 spiro atoms. The van der Waals surface area contributed by atoms with Gasteiger partial charge in [0.15, 0.2) is 5.75 Å². The van der Waals surface area contributed by atoms with Crippen LogP contribution in [0.3, 0.4) is 0 Å². The number of aromatic hydroxyl groups is 1. The van der Waals surface area contributed by atoms with E-state index in [4.69, 9.17) is 4.74 Å². The Morgan fingerprint density at radius 2 is 2.05 bits per heavy atom. The Balaban J connectivity index is 2.01. The minimum absolute atomic E-state index is 0.236. The molecule has 6 heteroatoms. The van der Waals surface area contributed by atoms with Crippen LogP contribution in [-0.2, 0) is 6.54 Å². The van der Waals surface area contributed by atoms with Crippen molar-refractivity contribution in [3.05, 3.63) is 58.0 Å². The fourth-order valence-corrected chi connectivity index (χ4v) is 2.12. The Bertz CT molecular complexity index is 737. The van der Waals surface area contributed by atoms with Gasteiger partial charge in [0.1, 0.15) is 5.75 Å². The van der Waals surface area contributed by atoms with Gasteiger partial charge >= 0.3 is 0 Å². The van der Waals surface area contributed by atoms with Crippen molar-refractivity contribution in [1.82, 2.24) is 9.88 Å². The third-order valence-corrected chi connectivity index (χ3v) is 3.40. The first-order chi connectivity index (χ1) is 10.5. The van der Waals surface area contributed by atoms with Crippen molar-refractivity contribution in [2.75, 3.05) is 13.7 Å². The molecule has 2 rings (SSSR count). The predicted molar refractivity (Wildman–Crippen MR) is 82.4 cm³/mol. The van der Waals surface area contributed by atoms with Gasteiger partial charge in [-0.05, 0) is 19.1 Å². The molecule has 116 valence electrons. The van der Waals surface area contributed by atoms with Crippen LogP contribution < -0.4 is 15.5 Å². The van der Waals surface area contributed by atoms with Crippen LogP contribution in [0.15, 0.2) is 41.3 Å². The van der Waals surface area contributed by atoms with E-state index in [-0.39, 0.29) is 11.7 Å². The van der Waals surface area contributed by atoms with Crippen LogP contribution in [0.4, 0.5) is 0 Å². The average Bonchev–Trinajstić information content (AvgIpc) is 2.54. The molecule has 2 aromatic rings. The smallest absolute Gasteiger partial charge is 0.255 e. The zero-order valence-electron chi connectivity index (χ0n) is 12.5. The Labute approximate surface area is 128 Å². The van der Waals surface area contributed by atoms with Crippen molar-refractivity contribution >= 4 is 5.91 Å². The molecule has 0 fully saturated rings. The van der Waals surface area contributed by atoms with E-state index in [0.29, 0.717) is 30.1 Å². The van der Waals surface area contributed by atoms with E-state index in [1.54, 1.807) is 42.0 Å². The normalized spacial score (nSPS) is 10.3. The maximum atomic E-state index is 12.1. The molecule has 0 saturated carbocycles. The van der Waals surface area contributed by atoms with Gasteiger partial charge in [0.2, 0.25) is 5.43 Å². The molecular formula is C16H18N2O4. The zero-order chi connectivity index (χ0) is 16.1. The van der Waals surface area contributed by atoms with Crippen LogP contribution in [0.25, 0.3) is 0 Å². The molecule has 0 aliphatic heterocycles. The summed E-state index contributed by atoms with van der Waals surface area (Å²) in [5.74, 6) is 0.0103. The molecule has 1 aromatic heterocycles. The summed E-state index contributed by atoms with van der Waals surface area (Å²) < 4.78 is 6.85. The molecule has 0 radical (unpaired) electrons. The molecule has 0 unspecified atom stereocenters. The van der Waals surface area contributed by atoms with Gasteiger partial charge in [-0.25, -0.2) is 0 Å². The van der Waals surface area contributed by atoms with Gasteiger partial charge in [0.05, 0.1) is 18.4 Å². The highest BCUT2D eigenvalue weighted by Crippen LogP contribution is 2.16. The zero-order valence-corrected chi connectivity index (χ0v) is 12.5. The van der Waals surface area contributed by atoms with Gasteiger partial charge in [0.25, 0.3) is 5.91 Å². The summed E-state index contributed by atoms with van der Waals surface area (Å²) in [6.07, 6.45) is 1.59. The van der Waals surface area contributed by atoms with Crippen LogP contribution in [0, 0.1) is 6.92 Å². The SMILES string of the molecule is COc1ccccc1C(=O)NCCn1ccc(=O)c(O)c1C. The van der Waals surface area contributed by atoms with Crippen molar-refractivity contribution in [3.63, 3.8) is 0 Å². The van der Waals surface area contributed by atoms with Gasteiger partial charge in [-0.2, -0.15) is 0 Å². The first-order valence-electron chi connectivity index (χ1n) is 6.85. The van der Waals surface area contributed by atoms with Crippen molar-refractivity contribution in [2.24, 2.45) is 0 Å². The molecule has 0 atom stereocenters. The number of hydrogen-bond donors (Lipinski definition) is 2. The largest absolute Gasteiger partial charge is 0.503 e. The van der Waals surface area contributed by atoms with E-state index in [1.807, 2.05) is 0 Å². The van der Waals surface area contributed by atoms with Crippen LogP contribution in [0.1, 0.15) is 16.1 Å². The molecule has 1 heterocycles. The number of carbonyl (C=O) groups excluding carboxylic acids is 1. The van der Waals surface area contributed by atoms with E-state index >= 15 is 0 Å². The topological polar surface area (TPSA) is 80.6 Å². The predicted octanol–water partition coefficient (Wildman–Crippen LogP) is 1.30. The number of nitrogens with one attached hydrogen (secondary N) is 1. The summed E-state index contributed by atoms with van der Waals surface area (Å²) in [6.45, 7) is 2.46. The second-order valence-electron chi connectivity index (χ2n) is 4.76. The Kier molecular flexibility index (Phi) is 4.83. The number of para-hydroxylation sites is 1. The number of benzene rings is 1. The minimum atomic E-state index is -0.410. The first kappa shape index (κ1) is 15.6. The summed E-state index contributed by atoms with van der Waals surface area (Å²) in [4.78, 5) is 23.4. The number of pyridine rings is 1. The van der Waals surface area contributed by atoms with Gasteiger partial charge in [-0.1, -0.05) is 12.1 Å². The number of methoxy groups -OCH3 is 1. The van der Waals surface area contributed by atoms with E-state index in [9.17, 15) is 14.7 Å². The van der Waals surface area contributed by atoms with Crippen molar-refractivity contribution in [3.8, 4) is 11.5 Å². The number of rotatable bonds is 5. The summed E-state index contributed by atoms with van der Waals surface area (Å²) >= 11 is 0. The highest BCUT2D eigenvalue weighted by molar-refractivity contribution is 5.96. The summed E-state index contributed by atoms with van der Waals surface area (Å²) in [5.41, 5.74) is 0.523. The Hall–Kier alpha value is -2.76. The lowest BCUT2D eigenvalue weighted by atomic mass is 10.2. The Morgan fingerprint density at radius 3 is 2.77 bits per heavy atom. The van der Waals surface area contributed by atoms with E-state index < -0.39 is 5.43 Å². The van der Waals surface area contributed by atoms with Gasteiger partial charge < -0.3 is 19.7 Å². The van der Waals surface area contributed by atoms with Crippen LogP contribution in [0.2, 0.25) is 0 Å². The molecule has 6 nitrogen and oxygen atoms in total. The lowest BCUT2D eigenvalue weighted by Crippen LogP contribution is -2.28. The van der Waals surface area contributed by atoms with Crippen LogP contribution in [0.5, 0.6) is 11.5 Å².